The topological polar surface area (TPSA) is 103 Å². The molecule has 0 fully saturated rings. The fourth-order valence-electron chi connectivity index (χ4n) is 2.09. The van der Waals surface area contributed by atoms with E-state index in [1.807, 2.05) is 13.8 Å². The van der Waals surface area contributed by atoms with Crippen LogP contribution in [0, 0.1) is 6.92 Å². The number of aryl methyl sites for hydroxylation is 2. The summed E-state index contributed by atoms with van der Waals surface area (Å²) in [6.45, 7) is 4.77. The molecule has 9 nitrogen and oxygen atoms in total. The van der Waals surface area contributed by atoms with Crippen molar-refractivity contribution < 1.29 is 17.7 Å². The van der Waals surface area contributed by atoms with Gasteiger partial charge in [-0.25, -0.2) is 12.7 Å². The van der Waals surface area contributed by atoms with E-state index in [0.717, 1.165) is 29.2 Å². The van der Waals surface area contributed by atoms with Crippen LogP contribution in [0.4, 0.5) is 5.82 Å². The summed E-state index contributed by atoms with van der Waals surface area (Å²) in [6.07, 6.45) is 2.03. The maximum absolute atomic E-state index is 12.1. The standard InChI is InChI=1S/C13H21N5O4S/c1-5-6-17-10(2)7-12(15-17)18(23(4,19)20)8-13-14-11(9-21-3)16-22-13/h7H,5-6,8-9H2,1-4H3. The van der Waals surface area contributed by atoms with Crippen molar-refractivity contribution in [3.8, 4) is 0 Å². The van der Waals surface area contributed by atoms with Crippen LogP contribution < -0.4 is 4.31 Å². The van der Waals surface area contributed by atoms with E-state index in [4.69, 9.17) is 9.26 Å². The molecule has 2 aromatic rings. The molecule has 2 heterocycles. The van der Waals surface area contributed by atoms with Crippen LogP contribution >= 0.6 is 0 Å². The van der Waals surface area contributed by atoms with Gasteiger partial charge in [-0.15, -0.1) is 0 Å². The normalized spacial score (nSPS) is 11.8. The summed E-state index contributed by atoms with van der Waals surface area (Å²) in [4.78, 5) is 4.10. The Kier molecular flexibility index (Phi) is 5.37. The van der Waals surface area contributed by atoms with Crippen molar-refractivity contribution >= 4 is 15.8 Å². The number of rotatable bonds is 8. The number of aromatic nitrogens is 4. The largest absolute Gasteiger partial charge is 0.377 e. The summed E-state index contributed by atoms with van der Waals surface area (Å²) in [7, 11) is -2.02. The highest BCUT2D eigenvalue weighted by molar-refractivity contribution is 7.92. The molecule has 0 aliphatic rings. The number of ether oxygens (including phenoxy) is 1. The molecule has 0 saturated heterocycles. The molecule has 128 valence electrons. The Hall–Kier alpha value is -1.94. The summed E-state index contributed by atoms with van der Waals surface area (Å²) in [5.74, 6) is 0.888. The average Bonchev–Trinajstić information content (AvgIpc) is 3.03. The van der Waals surface area contributed by atoms with Crippen molar-refractivity contribution in [2.45, 2.75) is 40.0 Å². The molecule has 2 aromatic heterocycles. The van der Waals surface area contributed by atoms with Crippen LogP contribution in [0.3, 0.4) is 0 Å². The molecule has 2 rings (SSSR count). The lowest BCUT2D eigenvalue weighted by atomic mass is 10.4. The molecule has 0 aromatic carbocycles. The molecule has 0 aliphatic carbocycles. The molecule has 0 atom stereocenters. The number of sulfonamides is 1. The first-order chi connectivity index (χ1) is 10.8. The van der Waals surface area contributed by atoms with E-state index in [2.05, 4.69) is 15.2 Å². The van der Waals surface area contributed by atoms with E-state index < -0.39 is 10.0 Å². The Labute approximate surface area is 135 Å². The summed E-state index contributed by atoms with van der Waals surface area (Å²) in [5.41, 5.74) is 0.890. The lowest BCUT2D eigenvalue weighted by molar-refractivity contribution is 0.174. The van der Waals surface area contributed by atoms with Gasteiger partial charge in [0.05, 0.1) is 6.26 Å². The predicted octanol–water partition coefficient (Wildman–Crippen LogP) is 1.10. The quantitative estimate of drug-likeness (QED) is 0.707. The monoisotopic (exact) mass is 343 g/mol. The smallest absolute Gasteiger partial charge is 0.247 e. The van der Waals surface area contributed by atoms with E-state index in [1.165, 1.54) is 7.11 Å². The first-order valence-corrected chi connectivity index (χ1v) is 9.02. The van der Waals surface area contributed by atoms with Gasteiger partial charge in [0.25, 0.3) is 0 Å². The number of methoxy groups -OCH3 is 1. The van der Waals surface area contributed by atoms with E-state index >= 15 is 0 Å². The second kappa shape index (κ2) is 7.09. The third kappa shape index (κ3) is 4.29. The molecule has 0 bridgehead atoms. The van der Waals surface area contributed by atoms with Crippen LogP contribution in [-0.4, -0.2) is 41.7 Å². The zero-order valence-corrected chi connectivity index (χ0v) is 14.5. The van der Waals surface area contributed by atoms with Crippen molar-refractivity contribution in [1.29, 1.82) is 0 Å². The molecule has 0 saturated carbocycles. The molecular weight excluding hydrogens is 322 g/mol. The fourth-order valence-corrected chi connectivity index (χ4v) is 2.86. The molecule has 0 unspecified atom stereocenters. The Bertz CT molecular complexity index is 752. The lowest BCUT2D eigenvalue weighted by Crippen LogP contribution is -2.30. The first-order valence-electron chi connectivity index (χ1n) is 7.17. The average molecular weight is 343 g/mol. The highest BCUT2D eigenvalue weighted by atomic mass is 32.2. The number of anilines is 1. The SMILES string of the molecule is CCCn1nc(N(Cc2nc(COC)no2)S(C)(=O)=O)cc1C. The van der Waals surface area contributed by atoms with E-state index in [9.17, 15) is 8.42 Å². The minimum absolute atomic E-state index is 0.0713. The molecule has 0 spiro atoms. The van der Waals surface area contributed by atoms with Crippen LogP contribution in [0.15, 0.2) is 10.6 Å². The number of hydrogen-bond acceptors (Lipinski definition) is 7. The molecule has 0 N–H and O–H groups in total. The third-order valence-electron chi connectivity index (χ3n) is 3.12. The molecule has 0 amide bonds. The molecule has 10 heteroatoms. The van der Waals surface area contributed by atoms with Crippen molar-refractivity contribution in [2.75, 3.05) is 17.7 Å². The van der Waals surface area contributed by atoms with Gasteiger partial charge >= 0.3 is 0 Å². The van der Waals surface area contributed by atoms with Crippen LogP contribution in [0.5, 0.6) is 0 Å². The van der Waals surface area contributed by atoms with Gasteiger partial charge in [0.15, 0.2) is 11.6 Å². The van der Waals surface area contributed by atoms with Gasteiger partial charge in [0.1, 0.15) is 13.2 Å². The van der Waals surface area contributed by atoms with Crippen molar-refractivity contribution in [3.63, 3.8) is 0 Å². The Morgan fingerprint density at radius 3 is 2.78 bits per heavy atom. The molecular formula is C13H21N5O4S. The summed E-state index contributed by atoms with van der Waals surface area (Å²) in [5, 5.41) is 8.08. The van der Waals surface area contributed by atoms with Gasteiger partial charge < -0.3 is 9.26 Å². The second-order valence-corrected chi connectivity index (χ2v) is 7.08. The van der Waals surface area contributed by atoms with Gasteiger partial charge in [0, 0.05) is 25.4 Å². The summed E-state index contributed by atoms with van der Waals surface area (Å²) < 4.78 is 37.1. The van der Waals surface area contributed by atoms with Gasteiger partial charge in [0.2, 0.25) is 15.9 Å². The first kappa shape index (κ1) is 17.4. The van der Waals surface area contributed by atoms with Crippen molar-refractivity contribution in [1.82, 2.24) is 19.9 Å². The fraction of sp³-hybridized carbons (Fsp3) is 0.615. The van der Waals surface area contributed by atoms with Crippen LogP contribution in [0.1, 0.15) is 30.8 Å². The maximum atomic E-state index is 12.1. The highest BCUT2D eigenvalue weighted by Gasteiger charge is 2.24. The third-order valence-corrected chi connectivity index (χ3v) is 4.24. The Morgan fingerprint density at radius 2 is 2.17 bits per heavy atom. The van der Waals surface area contributed by atoms with Gasteiger partial charge in [-0.2, -0.15) is 10.1 Å². The Morgan fingerprint density at radius 1 is 1.43 bits per heavy atom. The Balaban J connectivity index is 2.28. The number of hydrogen-bond donors (Lipinski definition) is 0. The molecule has 23 heavy (non-hydrogen) atoms. The molecule has 0 radical (unpaired) electrons. The molecule has 0 aliphatic heterocycles. The van der Waals surface area contributed by atoms with E-state index in [1.54, 1.807) is 10.7 Å². The summed E-state index contributed by atoms with van der Waals surface area (Å²) in [6, 6.07) is 1.73. The van der Waals surface area contributed by atoms with Crippen LogP contribution in [0.25, 0.3) is 0 Å². The lowest BCUT2D eigenvalue weighted by Gasteiger charge is -2.17. The minimum atomic E-state index is -3.54. The van der Waals surface area contributed by atoms with E-state index in [-0.39, 0.29) is 19.0 Å². The van der Waals surface area contributed by atoms with Crippen LogP contribution in [0.2, 0.25) is 0 Å². The van der Waals surface area contributed by atoms with Gasteiger partial charge in [-0.3, -0.25) is 4.68 Å². The summed E-state index contributed by atoms with van der Waals surface area (Å²) >= 11 is 0. The maximum Gasteiger partial charge on any atom is 0.247 e. The zero-order valence-electron chi connectivity index (χ0n) is 13.7. The van der Waals surface area contributed by atoms with E-state index in [0.29, 0.717) is 11.6 Å². The van der Waals surface area contributed by atoms with Crippen LogP contribution in [-0.2, 0) is 34.5 Å². The minimum Gasteiger partial charge on any atom is -0.377 e. The van der Waals surface area contributed by atoms with Crippen molar-refractivity contribution in [2.24, 2.45) is 0 Å². The zero-order chi connectivity index (χ0) is 17.0. The van der Waals surface area contributed by atoms with Gasteiger partial charge in [-0.05, 0) is 13.3 Å². The van der Waals surface area contributed by atoms with Gasteiger partial charge in [-0.1, -0.05) is 12.1 Å². The second-order valence-electron chi connectivity index (χ2n) is 5.17. The highest BCUT2D eigenvalue weighted by Crippen LogP contribution is 2.20. The number of nitrogens with zero attached hydrogens (tertiary/aromatic N) is 5. The van der Waals surface area contributed by atoms with Crippen molar-refractivity contribution in [3.05, 3.63) is 23.5 Å². The predicted molar refractivity (Wildman–Crippen MR) is 83.3 cm³/mol.